The summed E-state index contributed by atoms with van der Waals surface area (Å²) in [4.78, 5) is 13.3. The molecule has 3 rings (SSSR count). The number of hydrogen-bond donors (Lipinski definition) is 0. The van der Waals surface area contributed by atoms with Crippen molar-refractivity contribution in [2.75, 3.05) is 12.8 Å². The van der Waals surface area contributed by atoms with Crippen LogP contribution in [0.2, 0.25) is 0 Å². The van der Waals surface area contributed by atoms with Crippen molar-refractivity contribution < 1.29 is 4.79 Å². The average Bonchev–Trinajstić information content (AvgIpc) is 2.98. The van der Waals surface area contributed by atoms with Crippen molar-refractivity contribution in [2.45, 2.75) is 11.9 Å². The Morgan fingerprint density at radius 2 is 2.35 bits per heavy atom. The Balaban J connectivity index is 1.76. The van der Waals surface area contributed by atoms with Gasteiger partial charge in [0.2, 0.25) is 5.91 Å². The molecular weight excluding hydrogens is 340 g/mol. The van der Waals surface area contributed by atoms with Gasteiger partial charge in [0, 0.05) is 11.5 Å². The second-order valence-electron chi connectivity index (χ2n) is 4.64. The molecule has 1 fully saturated rings. The highest BCUT2D eigenvalue weighted by Gasteiger charge is 2.31. The lowest BCUT2D eigenvalue weighted by Gasteiger charge is -2.15. The molecule has 0 aliphatic carbocycles. The van der Waals surface area contributed by atoms with Crippen LogP contribution in [0.4, 0.5) is 0 Å². The van der Waals surface area contributed by atoms with Crippen LogP contribution in [0.15, 0.2) is 34.9 Å². The van der Waals surface area contributed by atoms with Gasteiger partial charge in [-0.2, -0.15) is 0 Å². The molecule has 7 heteroatoms. The van der Waals surface area contributed by atoms with E-state index < -0.39 is 0 Å². The second kappa shape index (κ2) is 5.57. The maximum Gasteiger partial charge on any atom is 0.233 e. The third kappa shape index (κ3) is 2.73. The SMILES string of the molecule is CN1C(=O)CS[C@H]1c1cn(Cc2cccc(Br)c2)nn1. The lowest BCUT2D eigenvalue weighted by Crippen LogP contribution is -2.23. The zero-order valence-electron chi connectivity index (χ0n) is 10.9. The number of carbonyl (C=O) groups excluding carboxylic acids is 1. The lowest BCUT2D eigenvalue weighted by molar-refractivity contribution is -0.126. The lowest BCUT2D eigenvalue weighted by atomic mass is 10.2. The summed E-state index contributed by atoms with van der Waals surface area (Å²) in [6.07, 6.45) is 1.91. The van der Waals surface area contributed by atoms with Gasteiger partial charge in [0.15, 0.2) is 0 Å². The van der Waals surface area contributed by atoms with Crippen molar-refractivity contribution >= 4 is 33.6 Å². The van der Waals surface area contributed by atoms with Crippen molar-refractivity contribution in [3.63, 3.8) is 0 Å². The Kier molecular flexibility index (Phi) is 3.80. The highest BCUT2D eigenvalue weighted by atomic mass is 79.9. The third-order valence-electron chi connectivity index (χ3n) is 3.15. The first-order valence-corrected chi connectivity index (χ1v) is 7.99. The number of hydrogen-bond acceptors (Lipinski definition) is 4. The van der Waals surface area contributed by atoms with E-state index in [0.29, 0.717) is 12.3 Å². The summed E-state index contributed by atoms with van der Waals surface area (Å²) in [5.74, 6) is 0.654. The van der Waals surface area contributed by atoms with Crippen LogP contribution in [0, 0.1) is 0 Å². The quantitative estimate of drug-likeness (QED) is 0.850. The number of thioether (sulfide) groups is 1. The molecule has 0 radical (unpaired) electrons. The molecule has 2 heterocycles. The molecule has 0 unspecified atom stereocenters. The molecule has 5 nitrogen and oxygen atoms in total. The van der Waals surface area contributed by atoms with Crippen LogP contribution in [0.25, 0.3) is 0 Å². The fourth-order valence-electron chi connectivity index (χ4n) is 2.10. The van der Waals surface area contributed by atoms with Gasteiger partial charge in [0.05, 0.1) is 18.5 Å². The normalized spacial score (nSPS) is 18.8. The van der Waals surface area contributed by atoms with Gasteiger partial charge in [-0.05, 0) is 17.7 Å². The number of amides is 1. The average molecular weight is 353 g/mol. The number of nitrogens with zero attached hydrogens (tertiary/aromatic N) is 4. The zero-order valence-corrected chi connectivity index (χ0v) is 13.3. The number of benzene rings is 1. The van der Waals surface area contributed by atoms with Gasteiger partial charge < -0.3 is 4.90 Å². The largest absolute Gasteiger partial charge is 0.327 e. The Bertz CT molecular complexity index is 645. The Morgan fingerprint density at radius 1 is 1.50 bits per heavy atom. The number of rotatable bonds is 3. The minimum Gasteiger partial charge on any atom is -0.327 e. The molecule has 1 amide bonds. The molecule has 1 aromatic carbocycles. The van der Waals surface area contributed by atoms with Gasteiger partial charge in [0.25, 0.3) is 0 Å². The van der Waals surface area contributed by atoms with E-state index in [9.17, 15) is 4.79 Å². The van der Waals surface area contributed by atoms with Gasteiger partial charge in [-0.1, -0.05) is 33.3 Å². The van der Waals surface area contributed by atoms with E-state index in [1.165, 1.54) is 0 Å². The number of carbonyl (C=O) groups is 1. The van der Waals surface area contributed by atoms with E-state index >= 15 is 0 Å². The van der Waals surface area contributed by atoms with E-state index in [-0.39, 0.29) is 11.3 Å². The molecule has 1 aliphatic rings. The van der Waals surface area contributed by atoms with Crippen molar-refractivity contribution in [1.82, 2.24) is 19.9 Å². The van der Waals surface area contributed by atoms with Crippen LogP contribution in [-0.2, 0) is 11.3 Å². The summed E-state index contributed by atoms with van der Waals surface area (Å²) >= 11 is 5.04. The van der Waals surface area contributed by atoms with Crippen molar-refractivity contribution in [3.05, 3.63) is 46.2 Å². The van der Waals surface area contributed by atoms with Crippen LogP contribution >= 0.6 is 27.7 Å². The predicted molar refractivity (Wildman–Crippen MR) is 81.2 cm³/mol. The first-order chi connectivity index (χ1) is 9.63. The topological polar surface area (TPSA) is 51.0 Å². The summed E-state index contributed by atoms with van der Waals surface area (Å²) in [5, 5.41) is 8.32. The minimum atomic E-state index is -0.0150. The summed E-state index contributed by atoms with van der Waals surface area (Å²) in [7, 11) is 1.81. The fourth-order valence-corrected chi connectivity index (χ4v) is 3.68. The van der Waals surface area contributed by atoms with Crippen LogP contribution in [-0.4, -0.2) is 38.6 Å². The molecule has 1 atom stereocenters. The minimum absolute atomic E-state index is 0.0150. The first-order valence-electron chi connectivity index (χ1n) is 6.15. The van der Waals surface area contributed by atoms with Crippen molar-refractivity contribution in [3.8, 4) is 0 Å². The molecule has 104 valence electrons. The zero-order chi connectivity index (χ0) is 14.1. The molecule has 1 saturated heterocycles. The molecular formula is C13H13BrN4OS. The maximum atomic E-state index is 11.5. The van der Waals surface area contributed by atoms with Gasteiger partial charge in [-0.15, -0.1) is 16.9 Å². The van der Waals surface area contributed by atoms with Crippen LogP contribution in [0.5, 0.6) is 0 Å². The standard InChI is InChI=1S/C13H13BrN4OS/c1-17-12(19)8-20-13(17)11-7-18(16-15-11)6-9-3-2-4-10(14)5-9/h2-5,7,13H,6,8H2,1H3/t13-/m0/s1. The summed E-state index contributed by atoms with van der Waals surface area (Å²) in [5.41, 5.74) is 1.98. The molecule has 1 aromatic heterocycles. The molecule has 20 heavy (non-hydrogen) atoms. The molecule has 0 bridgehead atoms. The smallest absolute Gasteiger partial charge is 0.233 e. The van der Waals surface area contributed by atoms with Crippen LogP contribution in [0.3, 0.4) is 0 Å². The van der Waals surface area contributed by atoms with Crippen LogP contribution < -0.4 is 0 Å². The Morgan fingerprint density at radius 3 is 3.05 bits per heavy atom. The number of aromatic nitrogens is 3. The van der Waals surface area contributed by atoms with Crippen molar-refractivity contribution in [1.29, 1.82) is 0 Å². The summed E-state index contributed by atoms with van der Waals surface area (Å²) < 4.78 is 2.85. The van der Waals surface area contributed by atoms with E-state index in [1.54, 1.807) is 28.4 Å². The molecule has 0 N–H and O–H groups in total. The molecule has 0 saturated carbocycles. The highest BCUT2D eigenvalue weighted by molar-refractivity contribution is 9.10. The monoisotopic (exact) mass is 352 g/mol. The van der Waals surface area contributed by atoms with Crippen molar-refractivity contribution in [2.24, 2.45) is 0 Å². The predicted octanol–water partition coefficient (Wildman–Crippen LogP) is 2.29. The molecule has 2 aromatic rings. The van der Waals surface area contributed by atoms with Gasteiger partial charge in [0.1, 0.15) is 11.1 Å². The van der Waals surface area contributed by atoms with Crippen LogP contribution in [0.1, 0.15) is 16.6 Å². The number of halogens is 1. The highest BCUT2D eigenvalue weighted by Crippen LogP contribution is 2.35. The third-order valence-corrected chi connectivity index (χ3v) is 4.93. The van der Waals surface area contributed by atoms with E-state index in [1.807, 2.05) is 24.4 Å². The molecule has 1 aliphatic heterocycles. The second-order valence-corrected chi connectivity index (χ2v) is 6.62. The van der Waals surface area contributed by atoms with Gasteiger partial charge >= 0.3 is 0 Å². The fraction of sp³-hybridized carbons (Fsp3) is 0.308. The van der Waals surface area contributed by atoms with Gasteiger partial charge in [-0.25, -0.2) is 4.68 Å². The van der Waals surface area contributed by atoms with E-state index in [0.717, 1.165) is 15.7 Å². The molecule has 0 spiro atoms. The Labute approximate surface area is 129 Å². The summed E-state index contributed by atoms with van der Waals surface area (Å²) in [6, 6.07) is 8.09. The Hall–Kier alpha value is -1.34. The van der Waals surface area contributed by atoms with E-state index in [2.05, 4.69) is 32.3 Å². The van der Waals surface area contributed by atoms with Gasteiger partial charge in [-0.3, -0.25) is 4.79 Å². The first kappa shape index (κ1) is 13.6. The van der Waals surface area contributed by atoms with E-state index in [4.69, 9.17) is 0 Å². The maximum absolute atomic E-state index is 11.5. The summed E-state index contributed by atoms with van der Waals surface area (Å²) in [6.45, 7) is 0.668.